The molecule has 1 aliphatic rings. The smallest absolute Gasteiger partial charge is 0.255 e. The molecule has 2 aromatic carbocycles. The van der Waals surface area contributed by atoms with E-state index in [9.17, 15) is 4.79 Å². The summed E-state index contributed by atoms with van der Waals surface area (Å²) in [6.07, 6.45) is 2.89. The lowest BCUT2D eigenvalue weighted by molar-refractivity contribution is 0.0948. The number of fused-ring (bicyclic) bond motifs is 1. The molecule has 0 saturated heterocycles. The Morgan fingerprint density at radius 1 is 1.14 bits per heavy atom. The maximum Gasteiger partial charge on any atom is 0.255 e. The van der Waals surface area contributed by atoms with Gasteiger partial charge in [0.15, 0.2) is 0 Å². The summed E-state index contributed by atoms with van der Waals surface area (Å²) in [7, 11) is 0. The van der Waals surface area contributed by atoms with Gasteiger partial charge in [-0.2, -0.15) is 0 Å². The van der Waals surface area contributed by atoms with E-state index in [0.717, 1.165) is 30.8 Å². The molecule has 1 aliphatic heterocycles. The first kappa shape index (κ1) is 18.2. The van der Waals surface area contributed by atoms with Crippen LogP contribution in [0.25, 0.3) is 0 Å². The number of para-hydroxylation sites is 2. The first-order valence-electron chi connectivity index (χ1n) is 9.49. The van der Waals surface area contributed by atoms with Crippen molar-refractivity contribution < 1.29 is 9.53 Å². The highest BCUT2D eigenvalue weighted by molar-refractivity contribution is 5.97. The lowest BCUT2D eigenvalue weighted by atomic mass is 9.96. The lowest BCUT2D eigenvalue weighted by Gasteiger charge is -2.21. The molecule has 28 heavy (non-hydrogen) atoms. The van der Waals surface area contributed by atoms with Crippen LogP contribution in [0.2, 0.25) is 0 Å². The van der Waals surface area contributed by atoms with Crippen molar-refractivity contribution in [3.63, 3.8) is 0 Å². The van der Waals surface area contributed by atoms with Gasteiger partial charge in [-0.05, 0) is 60.8 Å². The summed E-state index contributed by atoms with van der Waals surface area (Å²) < 4.78 is 5.92. The van der Waals surface area contributed by atoms with E-state index in [0.29, 0.717) is 23.6 Å². The number of carbonyl (C=O) groups is 1. The highest BCUT2D eigenvalue weighted by Gasteiger charge is 2.18. The molecule has 5 nitrogen and oxygen atoms in total. The SMILES string of the molecule is Cc1ncc2c(c1CNC(=O)c1ccccc1Oc1ccccc1)CCNC2. The van der Waals surface area contributed by atoms with E-state index in [1.54, 1.807) is 6.07 Å². The largest absolute Gasteiger partial charge is 0.457 e. The number of amides is 1. The van der Waals surface area contributed by atoms with Crippen LogP contribution in [0.4, 0.5) is 0 Å². The normalized spacial score (nSPS) is 12.9. The fourth-order valence-corrected chi connectivity index (χ4v) is 3.50. The minimum atomic E-state index is -0.155. The Bertz CT molecular complexity index is 986. The minimum absolute atomic E-state index is 0.155. The summed E-state index contributed by atoms with van der Waals surface area (Å²) in [4.78, 5) is 17.4. The van der Waals surface area contributed by atoms with Crippen molar-refractivity contribution in [2.45, 2.75) is 26.4 Å². The molecule has 0 atom stereocenters. The Balaban J connectivity index is 1.53. The first-order chi connectivity index (χ1) is 13.7. The van der Waals surface area contributed by atoms with Gasteiger partial charge in [0, 0.05) is 25.0 Å². The highest BCUT2D eigenvalue weighted by Crippen LogP contribution is 2.25. The summed E-state index contributed by atoms with van der Waals surface area (Å²) in [5.74, 6) is 1.09. The molecule has 5 heteroatoms. The fourth-order valence-electron chi connectivity index (χ4n) is 3.50. The van der Waals surface area contributed by atoms with Crippen LogP contribution >= 0.6 is 0 Å². The Morgan fingerprint density at radius 2 is 1.93 bits per heavy atom. The average Bonchev–Trinajstić information content (AvgIpc) is 2.74. The molecule has 0 fully saturated rings. The zero-order chi connectivity index (χ0) is 19.3. The molecule has 2 heterocycles. The zero-order valence-corrected chi connectivity index (χ0v) is 15.9. The van der Waals surface area contributed by atoms with Gasteiger partial charge >= 0.3 is 0 Å². The molecule has 0 spiro atoms. The Labute approximate surface area is 164 Å². The number of hydrogen-bond donors (Lipinski definition) is 2. The van der Waals surface area contributed by atoms with E-state index in [-0.39, 0.29) is 5.91 Å². The van der Waals surface area contributed by atoms with Gasteiger partial charge in [0.05, 0.1) is 5.56 Å². The zero-order valence-electron chi connectivity index (χ0n) is 15.9. The molecule has 3 aromatic rings. The number of pyridine rings is 1. The standard InChI is InChI=1S/C23H23N3O2/c1-16-21(19-11-12-24-13-17(19)14-25-16)15-26-23(27)20-9-5-6-10-22(20)28-18-7-3-2-4-8-18/h2-10,14,24H,11-13,15H2,1H3,(H,26,27). The second-order valence-electron chi connectivity index (χ2n) is 6.85. The van der Waals surface area contributed by atoms with Crippen LogP contribution in [0, 0.1) is 6.92 Å². The van der Waals surface area contributed by atoms with Crippen molar-refractivity contribution in [3.05, 3.63) is 88.7 Å². The van der Waals surface area contributed by atoms with E-state index >= 15 is 0 Å². The number of nitrogens with zero attached hydrogens (tertiary/aromatic N) is 1. The predicted molar refractivity (Wildman–Crippen MR) is 109 cm³/mol. The molecule has 0 aliphatic carbocycles. The van der Waals surface area contributed by atoms with E-state index in [1.165, 1.54) is 11.1 Å². The number of nitrogens with one attached hydrogen (secondary N) is 2. The molecule has 1 amide bonds. The number of carbonyl (C=O) groups excluding carboxylic acids is 1. The van der Waals surface area contributed by atoms with Gasteiger partial charge < -0.3 is 15.4 Å². The van der Waals surface area contributed by atoms with Gasteiger partial charge in [-0.3, -0.25) is 9.78 Å². The third-order valence-corrected chi connectivity index (χ3v) is 5.00. The van der Waals surface area contributed by atoms with E-state index in [4.69, 9.17) is 4.74 Å². The Kier molecular flexibility index (Phi) is 5.35. The molecule has 0 saturated carbocycles. The van der Waals surface area contributed by atoms with Gasteiger partial charge in [0.1, 0.15) is 11.5 Å². The van der Waals surface area contributed by atoms with Crippen LogP contribution in [0.3, 0.4) is 0 Å². The van der Waals surface area contributed by atoms with Crippen LogP contribution < -0.4 is 15.4 Å². The van der Waals surface area contributed by atoms with Gasteiger partial charge in [0.25, 0.3) is 5.91 Å². The van der Waals surface area contributed by atoms with Crippen LogP contribution in [0.1, 0.15) is 32.7 Å². The van der Waals surface area contributed by atoms with E-state index in [2.05, 4.69) is 15.6 Å². The van der Waals surface area contributed by atoms with Crippen molar-refractivity contribution >= 4 is 5.91 Å². The van der Waals surface area contributed by atoms with Crippen molar-refractivity contribution in [1.82, 2.24) is 15.6 Å². The minimum Gasteiger partial charge on any atom is -0.457 e. The number of rotatable bonds is 5. The number of hydrogen-bond acceptors (Lipinski definition) is 4. The summed E-state index contributed by atoms with van der Waals surface area (Å²) in [5.41, 5.74) is 5.13. The van der Waals surface area contributed by atoms with Gasteiger partial charge in [-0.25, -0.2) is 0 Å². The van der Waals surface area contributed by atoms with Crippen molar-refractivity contribution in [2.24, 2.45) is 0 Å². The number of benzene rings is 2. The second kappa shape index (κ2) is 8.23. The van der Waals surface area contributed by atoms with E-state index < -0.39 is 0 Å². The van der Waals surface area contributed by atoms with Crippen LogP contribution in [0.15, 0.2) is 60.8 Å². The molecule has 1 aromatic heterocycles. The molecule has 142 valence electrons. The van der Waals surface area contributed by atoms with Gasteiger partial charge in [-0.1, -0.05) is 30.3 Å². The summed E-state index contributed by atoms with van der Waals surface area (Å²) >= 11 is 0. The number of ether oxygens (including phenoxy) is 1. The van der Waals surface area contributed by atoms with Crippen molar-refractivity contribution in [2.75, 3.05) is 6.54 Å². The highest BCUT2D eigenvalue weighted by atomic mass is 16.5. The molecular formula is C23H23N3O2. The molecule has 0 bridgehead atoms. The van der Waals surface area contributed by atoms with Gasteiger partial charge in [-0.15, -0.1) is 0 Å². The summed E-state index contributed by atoms with van der Waals surface area (Å²) in [6, 6.07) is 16.8. The second-order valence-corrected chi connectivity index (χ2v) is 6.85. The third-order valence-electron chi connectivity index (χ3n) is 5.00. The predicted octanol–water partition coefficient (Wildman–Crippen LogP) is 3.76. The Hall–Kier alpha value is -3.18. The first-order valence-corrected chi connectivity index (χ1v) is 9.49. The van der Waals surface area contributed by atoms with Crippen molar-refractivity contribution in [3.8, 4) is 11.5 Å². The number of aromatic nitrogens is 1. The number of aryl methyl sites for hydroxylation is 1. The maximum absolute atomic E-state index is 12.9. The quantitative estimate of drug-likeness (QED) is 0.715. The molecule has 2 N–H and O–H groups in total. The molecule has 4 rings (SSSR count). The average molecular weight is 373 g/mol. The van der Waals surface area contributed by atoms with Crippen molar-refractivity contribution in [1.29, 1.82) is 0 Å². The van der Waals surface area contributed by atoms with Gasteiger partial charge in [0.2, 0.25) is 0 Å². The maximum atomic E-state index is 12.9. The van der Waals surface area contributed by atoms with Crippen LogP contribution in [-0.4, -0.2) is 17.4 Å². The third kappa shape index (κ3) is 3.89. The molecule has 0 radical (unpaired) electrons. The van der Waals surface area contributed by atoms with Crippen LogP contribution in [-0.2, 0) is 19.5 Å². The van der Waals surface area contributed by atoms with E-state index in [1.807, 2.05) is 61.7 Å². The summed E-state index contributed by atoms with van der Waals surface area (Å²) in [6.45, 7) is 4.24. The Morgan fingerprint density at radius 3 is 2.79 bits per heavy atom. The van der Waals surface area contributed by atoms with Crippen LogP contribution in [0.5, 0.6) is 11.5 Å². The molecule has 0 unspecified atom stereocenters. The lowest BCUT2D eigenvalue weighted by Crippen LogP contribution is -2.29. The fraction of sp³-hybridized carbons (Fsp3) is 0.217. The summed E-state index contributed by atoms with van der Waals surface area (Å²) in [5, 5.41) is 6.42. The monoisotopic (exact) mass is 373 g/mol. The molecular weight excluding hydrogens is 350 g/mol. The topological polar surface area (TPSA) is 63.2 Å².